The largest absolute Gasteiger partial charge is 0.376 e. The second-order valence-electron chi connectivity index (χ2n) is 6.71. The third-order valence-corrected chi connectivity index (χ3v) is 4.09. The molecule has 1 fully saturated rings. The van der Waals surface area contributed by atoms with Crippen molar-refractivity contribution in [2.45, 2.75) is 64.4 Å². The van der Waals surface area contributed by atoms with Crippen LogP contribution in [0.25, 0.3) is 0 Å². The van der Waals surface area contributed by atoms with Crippen LogP contribution in [0.1, 0.15) is 58.7 Å². The Morgan fingerprint density at radius 2 is 1.95 bits per heavy atom. The first-order valence-corrected chi connectivity index (χ1v) is 8.65. The molecule has 5 heteroatoms. The summed E-state index contributed by atoms with van der Waals surface area (Å²) in [6.45, 7) is 7.86. The van der Waals surface area contributed by atoms with Crippen molar-refractivity contribution in [1.29, 1.82) is 0 Å². The minimum Gasteiger partial charge on any atom is -0.376 e. The molecule has 0 atom stereocenters. The van der Waals surface area contributed by atoms with Gasteiger partial charge in [0.2, 0.25) is 0 Å². The highest BCUT2D eigenvalue weighted by atomic mass is 79.9. The number of halogens is 1. The maximum atomic E-state index is 5.91. The number of nitrogens with one attached hydrogen (secondary N) is 1. The molecule has 1 aromatic heterocycles. The maximum absolute atomic E-state index is 5.91. The zero-order valence-electron chi connectivity index (χ0n) is 13.3. The molecule has 1 aliphatic rings. The summed E-state index contributed by atoms with van der Waals surface area (Å²) in [5, 5.41) is 3.33. The molecule has 1 N–H and O–H groups in total. The Kier molecular flexibility index (Phi) is 5.99. The van der Waals surface area contributed by atoms with Gasteiger partial charge >= 0.3 is 0 Å². The van der Waals surface area contributed by atoms with Gasteiger partial charge in [0.15, 0.2) is 0 Å². The van der Waals surface area contributed by atoms with Crippen LogP contribution in [-0.2, 0) is 10.2 Å². The lowest BCUT2D eigenvalue weighted by Crippen LogP contribution is -2.21. The van der Waals surface area contributed by atoms with Crippen LogP contribution in [0.5, 0.6) is 0 Å². The van der Waals surface area contributed by atoms with E-state index in [-0.39, 0.29) is 5.41 Å². The molecule has 1 saturated carbocycles. The van der Waals surface area contributed by atoms with Crippen LogP contribution in [0.4, 0.5) is 5.82 Å². The van der Waals surface area contributed by atoms with E-state index < -0.39 is 0 Å². The third-order valence-electron chi connectivity index (χ3n) is 3.68. The number of nitrogens with zero attached hydrogens (tertiary/aromatic N) is 2. The van der Waals surface area contributed by atoms with E-state index in [0.29, 0.717) is 6.10 Å². The van der Waals surface area contributed by atoms with Crippen molar-refractivity contribution in [3.8, 4) is 0 Å². The quantitative estimate of drug-likeness (QED) is 0.631. The number of aromatic nitrogens is 2. The van der Waals surface area contributed by atoms with Crippen LogP contribution < -0.4 is 5.32 Å². The minimum atomic E-state index is -0.0567. The summed E-state index contributed by atoms with van der Waals surface area (Å²) in [5.74, 6) is 1.70. The van der Waals surface area contributed by atoms with Crippen molar-refractivity contribution in [2.24, 2.45) is 0 Å². The lowest BCUT2D eigenvalue weighted by atomic mass is 9.96. The van der Waals surface area contributed by atoms with Crippen molar-refractivity contribution < 1.29 is 4.74 Å². The van der Waals surface area contributed by atoms with Gasteiger partial charge in [-0.3, -0.25) is 0 Å². The summed E-state index contributed by atoms with van der Waals surface area (Å²) in [6.07, 6.45) is 6.88. The summed E-state index contributed by atoms with van der Waals surface area (Å²) in [5.41, 5.74) is -0.0567. The Balaban J connectivity index is 1.81. The van der Waals surface area contributed by atoms with Crippen molar-refractivity contribution in [3.63, 3.8) is 0 Å². The molecule has 0 saturated heterocycles. The van der Waals surface area contributed by atoms with Gasteiger partial charge in [-0.1, -0.05) is 40.0 Å². The monoisotopic (exact) mass is 355 g/mol. The number of anilines is 1. The van der Waals surface area contributed by atoms with Crippen molar-refractivity contribution in [2.75, 3.05) is 18.5 Å². The second-order valence-corrected chi connectivity index (χ2v) is 7.52. The van der Waals surface area contributed by atoms with Gasteiger partial charge in [-0.25, -0.2) is 9.97 Å². The fourth-order valence-corrected chi connectivity index (χ4v) is 2.86. The van der Waals surface area contributed by atoms with Gasteiger partial charge in [0.25, 0.3) is 0 Å². The zero-order valence-corrected chi connectivity index (χ0v) is 14.9. The van der Waals surface area contributed by atoms with Crippen LogP contribution in [0.2, 0.25) is 0 Å². The molecule has 118 valence electrons. The minimum absolute atomic E-state index is 0.0567. The predicted octanol–water partition coefficient (Wildman–Crippen LogP) is 4.30. The van der Waals surface area contributed by atoms with E-state index in [1.165, 1.54) is 32.1 Å². The van der Waals surface area contributed by atoms with Gasteiger partial charge < -0.3 is 10.1 Å². The summed E-state index contributed by atoms with van der Waals surface area (Å²) >= 11 is 3.45. The first kappa shape index (κ1) is 16.7. The molecular weight excluding hydrogens is 330 g/mol. The lowest BCUT2D eigenvalue weighted by Gasteiger charge is -2.22. The van der Waals surface area contributed by atoms with E-state index in [2.05, 4.69) is 52.0 Å². The normalized spacial score (nSPS) is 17.0. The zero-order chi connectivity index (χ0) is 15.3. The highest BCUT2D eigenvalue weighted by molar-refractivity contribution is 9.10. The van der Waals surface area contributed by atoms with Gasteiger partial charge in [0.05, 0.1) is 12.7 Å². The Morgan fingerprint density at radius 3 is 2.62 bits per heavy atom. The van der Waals surface area contributed by atoms with Gasteiger partial charge in [-0.15, -0.1) is 0 Å². The molecule has 2 rings (SSSR count). The average molecular weight is 356 g/mol. The first-order chi connectivity index (χ1) is 9.95. The number of rotatable bonds is 5. The van der Waals surface area contributed by atoms with Gasteiger partial charge in [0.1, 0.15) is 16.2 Å². The molecule has 4 nitrogen and oxygen atoms in total. The van der Waals surface area contributed by atoms with E-state index >= 15 is 0 Å². The molecule has 0 radical (unpaired) electrons. The summed E-state index contributed by atoms with van der Waals surface area (Å²) in [4.78, 5) is 9.02. The van der Waals surface area contributed by atoms with Crippen molar-refractivity contribution in [3.05, 3.63) is 16.5 Å². The summed E-state index contributed by atoms with van der Waals surface area (Å²) in [7, 11) is 0. The summed E-state index contributed by atoms with van der Waals surface area (Å²) in [6, 6.07) is 1.91. The third kappa shape index (κ3) is 5.55. The van der Waals surface area contributed by atoms with Crippen molar-refractivity contribution >= 4 is 21.7 Å². The molecule has 1 aromatic rings. The smallest absolute Gasteiger partial charge is 0.137 e. The van der Waals surface area contributed by atoms with Crippen LogP contribution in [0, 0.1) is 0 Å². The number of hydrogen-bond acceptors (Lipinski definition) is 4. The number of hydrogen-bond donors (Lipinski definition) is 1. The topological polar surface area (TPSA) is 47.0 Å². The highest BCUT2D eigenvalue weighted by Gasteiger charge is 2.18. The SMILES string of the molecule is CC(C)(C)c1nc(Br)cc(NCCOC2CCCCC2)n1. The van der Waals surface area contributed by atoms with Gasteiger partial charge in [-0.05, 0) is 28.8 Å². The van der Waals surface area contributed by atoms with Crippen molar-refractivity contribution in [1.82, 2.24) is 9.97 Å². The average Bonchev–Trinajstić information content (AvgIpc) is 2.43. The van der Waals surface area contributed by atoms with E-state index in [9.17, 15) is 0 Å². The van der Waals surface area contributed by atoms with Crippen LogP contribution in [0.3, 0.4) is 0 Å². The van der Waals surface area contributed by atoms with Crippen LogP contribution in [-0.4, -0.2) is 29.2 Å². The fraction of sp³-hybridized carbons (Fsp3) is 0.750. The summed E-state index contributed by atoms with van der Waals surface area (Å²) < 4.78 is 6.73. The maximum Gasteiger partial charge on any atom is 0.137 e. The first-order valence-electron chi connectivity index (χ1n) is 7.86. The molecule has 0 bridgehead atoms. The van der Waals surface area contributed by atoms with Gasteiger partial charge in [-0.2, -0.15) is 0 Å². The predicted molar refractivity (Wildman–Crippen MR) is 89.7 cm³/mol. The molecule has 0 unspecified atom stereocenters. The fourth-order valence-electron chi connectivity index (χ4n) is 2.48. The molecule has 0 aromatic carbocycles. The lowest BCUT2D eigenvalue weighted by molar-refractivity contribution is 0.0347. The van der Waals surface area contributed by atoms with E-state index in [0.717, 1.165) is 29.4 Å². The Hall–Kier alpha value is -0.680. The molecule has 1 aliphatic carbocycles. The molecule has 0 aliphatic heterocycles. The van der Waals surface area contributed by atoms with Gasteiger partial charge in [0, 0.05) is 18.0 Å². The Morgan fingerprint density at radius 1 is 1.24 bits per heavy atom. The van der Waals surface area contributed by atoms with Crippen LogP contribution in [0.15, 0.2) is 10.7 Å². The molecule has 0 spiro atoms. The molecule has 0 amide bonds. The van der Waals surface area contributed by atoms with Crippen LogP contribution >= 0.6 is 15.9 Å². The molecular formula is C16H26BrN3O. The Labute approximate surface area is 136 Å². The molecule has 21 heavy (non-hydrogen) atoms. The standard InChI is InChI=1S/C16H26BrN3O/c1-16(2,3)15-19-13(17)11-14(20-15)18-9-10-21-12-7-5-4-6-8-12/h11-12H,4-10H2,1-3H3,(H,18,19,20). The Bertz CT molecular complexity index is 453. The van der Waals surface area contributed by atoms with E-state index in [4.69, 9.17) is 4.74 Å². The second kappa shape index (κ2) is 7.54. The van der Waals surface area contributed by atoms with E-state index in [1.54, 1.807) is 0 Å². The number of ether oxygens (including phenoxy) is 1. The molecule has 1 heterocycles. The highest BCUT2D eigenvalue weighted by Crippen LogP contribution is 2.23. The van der Waals surface area contributed by atoms with E-state index in [1.807, 2.05) is 6.07 Å².